The largest absolute Gasteiger partial charge is 0.322 e. The summed E-state index contributed by atoms with van der Waals surface area (Å²) < 4.78 is 0. The summed E-state index contributed by atoms with van der Waals surface area (Å²) >= 11 is 6.19. The van der Waals surface area contributed by atoms with Gasteiger partial charge in [0.05, 0.1) is 11.4 Å². The fourth-order valence-electron chi connectivity index (χ4n) is 2.91. The second-order valence-corrected chi connectivity index (χ2v) is 6.05. The minimum atomic E-state index is -0.554. The summed E-state index contributed by atoms with van der Waals surface area (Å²) in [6.07, 6.45) is -0.554. The van der Waals surface area contributed by atoms with Crippen molar-refractivity contribution in [3.05, 3.63) is 64.7 Å². The topological polar surface area (TPSA) is 44.7 Å². The van der Waals surface area contributed by atoms with Gasteiger partial charge in [-0.05, 0) is 31.3 Å². The molecule has 5 heteroatoms. The number of nitrogens with zero attached hydrogens (tertiary/aromatic N) is 2. The molecule has 0 spiro atoms. The minimum absolute atomic E-state index is 0.117. The first-order valence-electron chi connectivity index (χ1n) is 8.12. The van der Waals surface area contributed by atoms with Crippen LogP contribution in [-0.2, 0) is 4.79 Å². The van der Waals surface area contributed by atoms with Crippen molar-refractivity contribution >= 4 is 28.9 Å². The van der Waals surface area contributed by atoms with E-state index in [1.165, 1.54) is 0 Å². The summed E-state index contributed by atoms with van der Waals surface area (Å²) in [7, 11) is 0. The lowest BCUT2D eigenvalue weighted by molar-refractivity contribution is -0.120. The Bertz CT molecular complexity index is 769. The van der Waals surface area contributed by atoms with E-state index < -0.39 is 6.17 Å². The molecule has 0 saturated heterocycles. The van der Waals surface area contributed by atoms with Crippen LogP contribution in [0.4, 0.5) is 5.69 Å². The number of benzodiazepines with no additional fused rings is 1. The molecular formula is C19H20ClN3O. The van der Waals surface area contributed by atoms with Crippen molar-refractivity contribution in [1.82, 2.24) is 4.90 Å². The van der Waals surface area contributed by atoms with Gasteiger partial charge in [-0.3, -0.25) is 14.7 Å². The Hall–Kier alpha value is -2.17. The van der Waals surface area contributed by atoms with Crippen LogP contribution in [0.1, 0.15) is 25.0 Å². The van der Waals surface area contributed by atoms with Crippen molar-refractivity contribution < 1.29 is 4.79 Å². The first-order valence-corrected chi connectivity index (χ1v) is 8.50. The van der Waals surface area contributed by atoms with Crippen LogP contribution in [0, 0.1) is 0 Å². The summed E-state index contributed by atoms with van der Waals surface area (Å²) in [5.41, 5.74) is 3.33. The van der Waals surface area contributed by atoms with Crippen molar-refractivity contribution in [2.45, 2.75) is 20.0 Å². The van der Waals surface area contributed by atoms with Gasteiger partial charge < -0.3 is 5.32 Å². The molecule has 1 amide bonds. The average molecular weight is 342 g/mol. The lowest BCUT2D eigenvalue weighted by atomic mass is 10.0. The molecule has 24 heavy (non-hydrogen) atoms. The highest BCUT2D eigenvalue weighted by molar-refractivity contribution is 6.32. The maximum Gasteiger partial charge on any atom is 0.264 e. The van der Waals surface area contributed by atoms with Crippen LogP contribution in [0.3, 0.4) is 0 Å². The Morgan fingerprint density at radius 1 is 1.12 bits per heavy atom. The van der Waals surface area contributed by atoms with Crippen LogP contribution in [0.5, 0.6) is 0 Å². The summed E-state index contributed by atoms with van der Waals surface area (Å²) in [6.45, 7) is 5.56. The zero-order valence-corrected chi connectivity index (χ0v) is 14.5. The second kappa shape index (κ2) is 7.16. The Kier molecular flexibility index (Phi) is 4.97. The molecule has 1 atom stereocenters. The normalized spacial score (nSPS) is 17.1. The van der Waals surface area contributed by atoms with Crippen molar-refractivity contribution in [2.24, 2.45) is 4.99 Å². The van der Waals surface area contributed by atoms with Crippen LogP contribution in [0.2, 0.25) is 5.02 Å². The third-order valence-corrected chi connectivity index (χ3v) is 4.42. The molecule has 2 aromatic rings. The average Bonchev–Trinajstić information content (AvgIpc) is 2.74. The standard InChI is InChI=1S/C19H20ClN3O/c1-3-23(4-2)18-19(24)21-16-11-10-14(20)12-15(16)17(22-18)13-8-6-5-7-9-13/h5-12,18H,3-4H2,1-2H3,(H,21,24). The van der Waals surface area contributed by atoms with Crippen LogP contribution in [0.25, 0.3) is 0 Å². The highest BCUT2D eigenvalue weighted by Crippen LogP contribution is 2.27. The van der Waals surface area contributed by atoms with Gasteiger partial charge in [-0.15, -0.1) is 0 Å². The number of benzene rings is 2. The summed E-state index contributed by atoms with van der Waals surface area (Å²) in [4.78, 5) is 19.6. The molecular weight excluding hydrogens is 322 g/mol. The molecule has 0 fully saturated rings. The Labute approximate surface area is 147 Å². The van der Waals surface area contributed by atoms with Gasteiger partial charge in [-0.1, -0.05) is 55.8 Å². The lowest BCUT2D eigenvalue weighted by Crippen LogP contribution is -2.42. The fourth-order valence-corrected chi connectivity index (χ4v) is 3.08. The lowest BCUT2D eigenvalue weighted by Gasteiger charge is -2.24. The highest BCUT2D eigenvalue weighted by atomic mass is 35.5. The van der Waals surface area contributed by atoms with Crippen molar-refractivity contribution in [3.63, 3.8) is 0 Å². The summed E-state index contributed by atoms with van der Waals surface area (Å²) in [5.74, 6) is -0.117. The van der Waals surface area contributed by atoms with Crippen LogP contribution in [-0.4, -0.2) is 35.8 Å². The third kappa shape index (κ3) is 3.21. The van der Waals surface area contributed by atoms with Gasteiger partial charge in [0.15, 0.2) is 6.17 Å². The van der Waals surface area contributed by atoms with E-state index in [0.29, 0.717) is 5.02 Å². The first-order chi connectivity index (χ1) is 11.6. The number of carbonyl (C=O) groups excluding carboxylic acids is 1. The predicted molar refractivity (Wildman–Crippen MR) is 98.9 cm³/mol. The monoisotopic (exact) mass is 341 g/mol. The molecule has 3 rings (SSSR count). The Balaban J connectivity index is 2.20. The molecule has 4 nitrogen and oxygen atoms in total. The predicted octanol–water partition coefficient (Wildman–Crippen LogP) is 3.80. The van der Waals surface area contributed by atoms with E-state index in [-0.39, 0.29) is 5.91 Å². The molecule has 1 heterocycles. The Morgan fingerprint density at radius 3 is 2.50 bits per heavy atom. The molecule has 1 unspecified atom stereocenters. The number of nitrogens with one attached hydrogen (secondary N) is 1. The van der Waals surface area contributed by atoms with E-state index in [1.54, 1.807) is 6.07 Å². The molecule has 1 aliphatic heterocycles. The van der Waals surface area contributed by atoms with Gasteiger partial charge in [0, 0.05) is 16.1 Å². The SMILES string of the molecule is CCN(CC)C1N=C(c2ccccc2)c2cc(Cl)ccc2NC1=O. The van der Waals surface area contributed by atoms with Crippen molar-refractivity contribution in [3.8, 4) is 0 Å². The zero-order valence-electron chi connectivity index (χ0n) is 13.8. The van der Waals surface area contributed by atoms with Crippen LogP contribution < -0.4 is 5.32 Å². The van der Waals surface area contributed by atoms with Gasteiger partial charge in [0.2, 0.25) is 0 Å². The van der Waals surface area contributed by atoms with Gasteiger partial charge in [0.1, 0.15) is 0 Å². The highest BCUT2D eigenvalue weighted by Gasteiger charge is 2.29. The maximum atomic E-state index is 12.7. The van der Waals surface area contributed by atoms with Gasteiger partial charge >= 0.3 is 0 Å². The molecule has 0 saturated carbocycles. The summed E-state index contributed by atoms with van der Waals surface area (Å²) in [5, 5.41) is 3.61. The van der Waals surface area contributed by atoms with E-state index in [9.17, 15) is 4.79 Å². The maximum absolute atomic E-state index is 12.7. The number of hydrogen-bond donors (Lipinski definition) is 1. The van der Waals surface area contributed by atoms with E-state index in [0.717, 1.165) is 35.6 Å². The van der Waals surface area contributed by atoms with Crippen molar-refractivity contribution in [1.29, 1.82) is 0 Å². The smallest absolute Gasteiger partial charge is 0.264 e. The molecule has 1 aliphatic rings. The molecule has 0 bridgehead atoms. The van der Waals surface area contributed by atoms with Gasteiger partial charge in [-0.2, -0.15) is 0 Å². The zero-order chi connectivity index (χ0) is 17.1. The number of aliphatic imine (C=N–C) groups is 1. The van der Waals surface area contributed by atoms with E-state index >= 15 is 0 Å². The number of amides is 1. The number of halogens is 1. The summed E-state index contributed by atoms with van der Waals surface area (Å²) in [6, 6.07) is 15.4. The van der Waals surface area contributed by atoms with Crippen LogP contribution in [0.15, 0.2) is 53.5 Å². The van der Waals surface area contributed by atoms with Gasteiger partial charge in [-0.25, -0.2) is 0 Å². The van der Waals surface area contributed by atoms with E-state index in [2.05, 4.69) is 5.32 Å². The second-order valence-electron chi connectivity index (χ2n) is 5.62. The third-order valence-electron chi connectivity index (χ3n) is 4.19. The molecule has 0 radical (unpaired) electrons. The molecule has 124 valence electrons. The van der Waals surface area contributed by atoms with Crippen molar-refractivity contribution in [2.75, 3.05) is 18.4 Å². The number of likely N-dealkylation sites (N-methyl/N-ethyl adjacent to an activating group) is 1. The first kappa shape index (κ1) is 16.7. The number of carbonyl (C=O) groups is 1. The molecule has 0 aromatic heterocycles. The van der Waals surface area contributed by atoms with E-state index in [1.807, 2.05) is 61.2 Å². The molecule has 0 aliphatic carbocycles. The quantitative estimate of drug-likeness (QED) is 0.919. The molecule has 1 N–H and O–H groups in total. The number of hydrogen-bond acceptors (Lipinski definition) is 3. The van der Waals surface area contributed by atoms with E-state index in [4.69, 9.17) is 16.6 Å². The Morgan fingerprint density at radius 2 is 1.83 bits per heavy atom. The number of fused-ring (bicyclic) bond motifs is 1. The van der Waals surface area contributed by atoms with Crippen LogP contribution >= 0.6 is 11.6 Å². The molecule has 2 aromatic carbocycles. The minimum Gasteiger partial charge on any atom is -0.322 e. The number of rotatable bonds is 4. The number of anilines is 1. The van der Waals surface area contributed by atoms with Gasteiger partial charge in [0.25, 0.3) is 5.91 Å². The fraction of sp³-hybridized carbons (Fsp3) is 0.263.